The number of carbonyl (C=O) groups is 2. The third-order valence-corrected chi connectivity index (χ3v) is 4.21. The van der Waals surface area contributed by atoms with Gasteiger partial charge >= 0.3 is 5.97 Å². The van der Waals surface area contributed by atoms with Gasteiger partial charge in [-0.05, 0) is 68.9 Å². The molecule has 0 bridgehead atoms. The van der Waals surface area contributed by atoms with Crippen molar-refractivity contribution in [3.05, 3.63) is 61.6 Å². The molecule has 0 aromatic heterocycles. The first-order valence-corrected chi connectivity index (χ1v) is 7.45. The van der Waals surface area contributed by atoms with Crippen molar-refractivity contribution in [1.29, 1.82) is 0 Å². The van der Waals surface area contributed by atoms with Crippen molar-refractivity contribution < 1.29 is 14.7 Å². The Balaban J connectivity index is 2.27. The van der Waals surface area contributed by atoms with Crippen LogP contribution in [0, 0.1) is 3.57 Å². The predicted octanol–water partition coefficient (Wildman–Crippen LogP) is 4.00. The summed E-state index contributed by atoms with van der Waals surface area (Å²) in [6.45, 7) is 0. The van der Waals surface area contributed by atoms with Gasteiger partial charge in [0.1, 0.15) is 0 Å². The third kappa shape index (κ3) is 3.37. The molecule has 2 aromatic carbocycles. The summed E-state index contributed by atoms with van der Waals surface area (Å²) in [5.74, 6) is -1.32. The molecule has 0 unspecified atom stereocenters. The van der Waals surface area contributed by atoms with E-state index in [4.69, 9.17) is 5.11 Å². The van der Waals surface area contributed by atoms with E-state index < -0.39 is 5.97 Å². The second-order valence-corrected chi connectivity index (χ2v) is 5.95. The van der Waals surface area contributed by atoms with Gasteiger partial charge in [0, 0.05) is 13.7 Å². The van der Waals surface area contributed by atoms with Crippen LogP contribution in [0.2, 0.25) is 0 Å². The lowest BCUT2D eigenvalue weighted by Crippen LogP contribution is -2.13. The number of halogens is 2. The average Bonchev–Trinajstić information content (AvgIpc) is 2.41. The fourth-order valence-electron chi connectivity index (χ4n) is 1.61. The Kier molecular flexibility index (Phi) is 4.77. The number of benzene rings is 2. The van der Waals surface area contributed by atoms with E-state index in [0.29, 0.717) is 19.3 Å². The topological polar surface area (TPSA) is 66.4 Å². The van der Waals surface area contributed by atoms with Gasteiger partial charge < -0.3 is 10.4 Å². The number of amides is 1. The Morgan fingerprint density at radius 2 is 1.80 bits per heavy atom. The first kappa shape index (κ1) is 15.0. The Labute approximate surface area is 137 Å². The molecule has 0 atom stereocenters. The number of rotatable bonds is 3. The quantitative estimate of drug-likeness (QED) is 0.701. The maximum atomic E-state index is 12.1. The van der Waals surface area contributed by atoms with E-state index in [-0.39, 0.29) is 11.5 Å². The van der Waals surface area contributed by atoms with Crippen molar-refractivity contribution in [3.8, 4) is 0 Å². The number of carboxylic acid groups (broad SMARTS) is 1. The third-order valence-electron chi connectivity index (χ3n) is 2.57. The highest BCUT2D eigenvalue weighted by Gasteiger charge is 2.12. The van der Waals surface area contributed by atoms with Gasteiger partial charge in [-0.2, -0.15) is 0 Å². The molecule has 0 aliphatic rings. The molecule has 2 aromatic rings. The minimum Gasteiger partial charge on any atom is -0.478 e. The summed E-state index contributed by atoms with van der Waals surface area (Å²) in [6, 6.07) is 11.8. The van der Waals surface area contributed by atoms with E-state index in [2.05, 4.69) is 21.2 Å². The van der Waals surface area contributed by atoms with Gasteiger partial charge in [-0.15, -0.1) is 0 Å². The van der Waals surface area contributed by atoms with Crippen LogP contribution in [0.15, 0.2) is 46.9 Å². The average molecular weight is 446 g/mol. The molecule has 0 saturated carbocycles. The summed E-state index contributed by atoms with van der Waals surface area (Å²) < 4.78 is 1.30. The van der Waals surface area contributed by atoms with Crippen LogP contribution < -0.4 is 5.32 Å². The number of hydrogen-bond donors (Lipinski definition) is 2. The zero-order chi connectivity index (χ0) is 14.7. The number of nitrogens with one attached hydrogen (secondary N) is 1. The van der Waals surface area contributed by atoms with Crippen LogP contribution in [-0.4, -0.2) is 17.0 Å². The summed E-state index contributed by atoms with van der Waals surface area (Å²) in [5, 5.41) is 11.7. The molecule has 0 aliphatic carbocycles. The molecule has 4 nitrogen and oxygen atoms in total. The fraction of sp³-hybridized carbons (Fsp3) is 0. The van der Waals surface area contributed by atoms with E-state index >= 15 is 0 Å². The Morgan fingerprint density at radius 3 is 2.45 bits per heavy atom. The molecule has 0 radical (unpaired) electrons. The Morgan fingerprint density at radius 1 is 1.10 bits per heavy atom. The molecular formula is C14H9BrINO3. The van der Waals surface area contributed by atoms with Crippen LogP contribution in [-0.2, 0) is 0 Å². The monoisotopic (exact) mass is 445 g/mol. The molecular weight excluding hydrogens is 437 g/mol. The molecule has 0 aliphatic heterocycles. The maximum Gasteiger partial charge on any atom is 0.336 e. The summed E-state index contributed by atoms with van der Waals surface area (Å²) in [7, 11) is 0. The van der Waals surface area contributed by atoms with E-state index in [1.165, 1.54) is 6.07 Å². The van der Waals surface area contributed by atoms with E-state index in [1.54, 1.807) is 30.3 Å². The lowest BCUT2D eigenvalue weighted by atomic mass is 10.2. The van der Waals surface area contributed by atoms with Gasteiger partial charge in [-0.3, -0.25) is 4.79 Å². The van der Waals surface area contributed by atoms with Crippen LogP contribution in [0.25, 0.3) is 0 Å². The van der Waals surface area contributed by atoms with Gasteiger partial charge in [0.25, 0.3) is 5.91 Å². The molecule has 102 valence electrons. The van der Waals surface area contributed by atoms with Gasteiger partial charge in [-0.1, -0.05) is 12.1 Å². The summed E-state index contributed by atoms with van der Waals surface area (Å²) >= 11 is 5.25. The zero-order valence-electron chi connectivity index (χ0n) is 10.1. The van der Waals surface area contributed by atoms with Crippen molar-refractivity contribution in [2.45, 2.75) is 0 Å². The first-order valence-electron chi connectivity index (χ1n) is 5.58. The molecule has 6 heteroatoms. The van der Waals surface area contributed by atoms with Crippen LogP contribution >= 0.6 is 38.5 Å². The minimum atomic E-state index is -1.02. The highest BCUT2D eigenvalue weighted by Crippen LogP contribution is 2.21. The number of aromatic carboxylic acids is 1. The first-order chi connectivity index (χ1) is 9.49. The standard InChI is InChI=1S/C14H9BrINO3/c15-11-4-2-1-3-9(11)13(18)17-8-5-6-12(16)10(7-8)14(19)20/h1-7H,(H,17,18)(H,19,20). The van der Waals surface area contributed by atoms with Gasteiger partial charge in [-0.25, -0.2) is 4.79 Å². The van der Waals surface area contributed by atoms with Gasteiger partial charge in [0.05, 0.1) is 11.1 Å². The van der Waals surface area contributed by atoms with E-state index in [9.17, 15) is 9.59 Å². The summed E-state index contributed by atoms with van der Waals surface area (Å²) in [6.07, 6.45) is 0. The zero-order valence-corrected chi connectivity index (χ0v) is 13.8. The molecule has 0 saturated heterocycles. The lowest BCUT2D eigenvalue weighted by Gasteiger charge is -2.08. The normalized spacial score (nSPS) is 10.1. The second-order valence-electron chi connectivity index (χ2n) is 3.93. The van der Waals surface area contributed by atoms with Crippen LogP contribution in [0.3, 0.4) is 0 Å². The Hall–Kier alpha value is -1.41. The molecule has 2 rings (SSSR count). The van der Waals surface area contributed by atoms with Crippen molar-refractivity contribution in [1.82, 2.24) is 0 Å². The molecule has 1 amide bonds. The summed E-state index contributed by atoms with van der Waals surface area (Å²) in [5.41, 5.74) is 1.10. The number of hydrogen-bond acceptors (Lipinski definition) is 2. The summed E-state index contributed by atoms with van der Waals surface area (Å²) in [4.78, 5) is 23.2. The second kappa shape index (κ2) is 6.36. The minimum absolute atomic E-state index is 0.163. The van der Waals surface area contributed by atoms with Crippen molar-refractivity contribution in [2.24, 2.45) is 0 Å². The Bertz CT molecular complexity index is 688. The highest BCUT2D eigenvalue weighted by atomic mass is 127. The van der Waals surface area contributed by atoms with Crippen molar-refractivity contribution >= 4 is 56.1 Å². The van der Waals surface area contributed by atoms with E-state index in [0.717, 1.165) is 0 Å². The van der Waals surface area contributed by atoms with Crippen LogP contribution in [0.4, 0.5) is 5.69 Å². The maximum absolute atomic E-state index is 12.1. The van der Waals surface area contributed by atoms with E-state index in [1.807, 2.05) is 28.7 Å². The van der Waals surface area contributed by atoms with Gasteiger partial charge in [0.15, 0.2) is 0 Å². The van der Waals surface area contributed by atoms with Crippen LogP contribution in [0.5, 0.6) is 0 Å². The van der Waals surface area contributed by atoms with Crippen LogP contribution in [0.1, 0.15) is 20.7 Å². The molecule has 2 N–H and O–H groups in total. The largest absolute Gasteiger partial charge is 0.478 e. The lowest BCUT2D eigenvalue weighted by molar-refractivity contribution is 0.0695. The molecule has 0 heterocycles. The fourth-order valence-corrected chi connectivity index (χ4v) is 2.64. The molecule has 20 heavy (non-hydrogen) atoms. The number of anilines is 1. The predicted molar refractivity (Wildman–Crippen MR) is 88.2 cm³/mol. The van der Waals surface area contributed by atoms with Gasteiger partial charge in [0.2, 0.25) is 0 Å². The number of carboxylic acids is 1. The molecule has 0 fully saturated rings. The SMILES string of the molecule is O=C(Nc1ccc(I)c(C(=O)O)c1)c1ccccc1Br. The van der Waals surface area contributed by atoms with Crippen molar-refractivity contribution in [3.63, 3.8) is 0 Å². The molecule has 0 spiro atoms. The van der Waals surface area contributed by atoms with Crippen molar-refractivity contribution in [2.75, 3.05) is 5.32 Å². The smallest absolute Gasteiger partial charge is 0.336 e. The number of carbonyl (C=O) groups excluding carboxylic acids is 1. The highest BCUT2D eigenvalue weighted by molar-refractivity contribution is 14.1.